The van der Waals surface area contributed by atoms with Gasteiger partial charge in [0.2, 0.25) is 0 Å². The third-order valence-electron chi connectivity index (χ3n) is 5.53. The van der Waals surface area contributed by atoms with Gasteiger partial charge in [0.1, 0.15) is 23.0 Å². The summed E-state index contributed by atoms with van der Waals surface area (Å²) in [7, 11) is 2.98. The zero-order chi connectivity index (χ0) is 24.1. The van der Waals surface area contributed by atoms with Gasteiger partial charge >= 0.3 is 0 Å². The summed E-state index contributed by atoms with van der Waals surface area (Å²) in [6.45, 7) is 6.22. The Hall–Kier alpha value is -3.48. The number of benzene rings is 2. The minimum atomic E-state index is -0.789. The summed E-state index contributed by atoms with van der Waals surface area (Å²) in [5.41, 5.74) is 0.921. The number of para-hydroxylation sites is 1. The maximum Gasteiger partial charge on any atom is 0.295 e. The molecule has 176 valence electrons. The fourth-order valence-electron chi connectivity index (χ4n) is 3.97. The Labute approximate surface area is 194 Å². The highest BCUT2D eigenvalue weighted by Gasteiger charge is 2.47. The van der Waals surface area contributed by atoms with Gasteiger partial charge in [0.15, 0.2) is 0 Å². The molecule has 2 aromatic carbocycles. The monoisotopic (exact) mass is 453 g/mol. The van der Waals surface area contributed by atoms with Crippen LogP contribution in [0.15, 0.2) is 48.0 Å². The van der Waals surface area contributed by atoms with Gasteiger partial charge in [-0.05, 0) is 44.5 Å². The summed E-state index contributed by atoms with van der Waals surface area (Å²) >= 11 is 0. The quantitative estimate of drug-likeness (QED) is 0.336. The number of amides is 1. The number of Topliss-reactive ketones (excluding diaryl/α,β-unsaturated/α-hetero) is 1. The van der Waals surface area contributed by atoms with Crippen LogP contribution in [-0.4, -0.2) is 48.6 Å². The lowest BCUT2D eigenvalue weighted by Crippen LogP contribution is -2.31. The van der Waals surface area contributed by atoms with Crippen molar-refractivity contribution >= 4 is 17.4 Å². The van der Waals surface area contributed by atoms with Crippen molar-refractivity contribution in [3.05, 3.63) is 59.2 Å². The molecular formula is C26H31NO6. The summed E-state index contributed by atoms with van der Waals surface area (Å²) in [6.07, 6.45) is 1.46. The minimum Gasteiger partial charge on any atom is -0.507 e. The number of carbonyl (C=O) groups excluding carboxylic acids is 2. The largest absolute Gasteiger partial charge is 0.507 e. The lowest BCUT2D eigenvalue weighted by atomic mass is 9.94. The van der Waals surface area contributed by atoms with Crippen LogP contribution in [0.5, 0.6) is 17.2 Å². The molecule has 0 aliphatic carbocycles. The van der Waals surface area contributed by atoms with Gasteiger partial charge in [-0.15, -0.1) is 0 Å². The third kappa shape index (κ3) is 4.82. The molecular weight excluding hydrogens is 422 g/mol. The number of carbonyl (C=O) groups is 2. The van der Waals surface area contributed by atoms with E-state index in [1.165, 1.54) is 19.1 Å². The molecule has 0 bridgehead atoms. The first-order chi connectivity index (χ1) is 15.8. The van der Waals surface area contributed by atoms with Crippen molar-refractivity contribution in [2.75, 3.05) is 20.8 Å². The first kappa shape index (κ1) is 24.2. The van der Waals surface area contributed by atoms with Crippen molar-refractivity contribution in [2.45, 2.75) is 45.8 Å². The van der Waals surface area contributed by atoms with Crippen LogP contribution in [0.25, 0.3) is 5.76 Å². The second-order valence-electron chi connectivity index (χ2n) is 8.12. The number of unbranched alkanes of at least 4 members (excludes halogenated alkanes) is 1. The average molecular weight is 454 g/mol. The van der Waals surface area contributed by atoms with Gasteiger partial charge in [-0.2, -0.15) is 0 Å². The van der Waals surface area contributed by atoms with Gasteiger partial charge in [0.25, 0.3) is 11.7 Å². The first-order valence-electron chi connectivity index (χ1n) is 11.1. The molecule has 1 heterocycles. The molecule has 7 heteroatoms. The fourth-order valence-corrected chi connectivity index (χ4v) is 3.97. The van der Waals surface area contributed by atoms with E-state index in [1.807, 2.05) is 39.0 Å². The normalized spacial score (nSPS) is 17.5. The van der Waals surface area contributed by atoms with Crippen LogP contribution in [0.3, 0.4) is 0 Å². The van der Waals surface area contributed by atoms with Gasteiger partial charge < -0.3 is 24.2 Å². The number of ketones is 1. The van der Waals surface area contributed by atoms with E-state index < -0.39 is 17.7 Å². The van der Waals surface area contributed by atoms with Gasteiger partial charge in [-0.25, -0.2) is 0 Å². The maximum absolute atomic E-state index is 13.2. The highest BCUT2D eigenvalue weighted by Crippen LogP contribution is 2.44. The second kappa shape index (κ2) is 10.4. The molecule has 1 saturated heterocycles. The van der Waals surface area contributed by atoms with Crippen LogP contribution in [0.2, 0.25) is 0 Å². The molecule has 33 heavy (non-hydrogen) atoms. The van der Waals surface area contributed by atoms with Gasteiger partial charge in [-0.1, -0.05) is 31.5 Å². The van der Waals surface area contributed by atoms with Gasteiger partial charge in [0.05, 0.1) is 37.5 Å². The number of methoxy groups -OCH3 is 2. The first-order valence-corrected chi connectivity index (χ1v) is 11.1. The molecule has 0 spiro atoms. The number of hydrogen-bond donors (Lipinski definition) is 1. The number of aliphatic hydroxyl groups is 1. The molecule has 1 aliphatic heterocycles. The van der Waals surface area contributed by atoms with E-state index in [4.69, 9.17) is 14.2 Å². The molecule has 0 radical (unpaired) electrons. The van der Waals surface area contributed by atoms with E-state index in [0.29, 0.717) is 29.4 Å². The average Bonchev–Trinajstić information content (AvgIpc) is 3.06. The van der Waals surface area contributed by atoms with E-state index in [9.17, 15) is 14.7 Å². The Bertz CT molecular complexity index is 1060. The minimum absolute atomic E-state index is 0.00228. The Morgan fingerprint density at radius 3 is 2.42 bits per heavy atom. The number of aliphatic hydroxyl groups excluding tert-OH is 1. The van der Waals surface area contributed by atoms with Crippen LogP contribution < -0.4 is 14.2 Å². The molecule has 1 fully saturated rings. The van der Waals surface area contributed by atoms with Crippen LogP contribution >= 0.6 is 0 Å². The Morgan fingerprint density at radius 2 is 1.79 bits per heavy atom. The zero-order valence-corrected chi connectivity index (χ0v) is 19.8. The lowest BCUT2D eigenvalue weighted by molar-refractivity contribution is -0.139. The molecule has 1 atom stereocenters. The third-order valence-corrected chi connectivity index (χ3v) is 5.53. The smallest absolute Gasteiger partial charge is 0.295 e. The van der Waals surface area contributed by atoms with Crippen molar-refractivity contribution in [3.8, 4) is 17.2 Å². The standard InChI is InChI=1S/C26H31NO6/c1-6-7-14-27-23(18-10-8-9-11-21(18)33-16(2)3)22(25(29)26(27)30)24(28)19-15-17(31-4)12-13-20(19)32-5/h8-13,15-16,23,28H,6-7,14H2,1-5H3/b24-22+. The van der Waals surface area contributed by atoms with Crippen molar-refractivity contribution in [2.24, 2.45) is 0 Å². The summed E-state index contributed by atoms with van der Waals surface area (Å²) in [5, 5.41) is 11.4. The summed E-state index contributed by atoms with van der Waals surface area (Å²) in [5.74, 6) is -0.290. The SMILES string of the molecule is CCCCN1C(=O)C(=O)/C(=C(/O)c2cc(OC)ccc2OC)C1c1ccccc1OC(C)C. The van der Waals surface area contributed by atoms with E-state index in [-0.39, 0.29) is 23.0 Å². The maximum atomic E-state index is 13.2. The zero-order valence-electron chi connectivity index (χ0n) is 19.8. The highest BCUT2D eigenvalue weighted by molar-refractivity contribution is 6.46. The topological polar surface area (TPSA) is 85.3 Å². The van der Waals surface area contributed by atoms with Crippen LogP contribution in [0.1, 0.15) is 50.8 Å². The molecule has 1 aliphatic rings. The summed E-state index contributed by atoms with van der Waals surface area (Å²) < 4.78 is 16.7. The van der Waals surface area contributed by atoms with Crippen LogP contribution in [-0.2, 0) is 9.59 Å². The molecule has 1 unspecified atom stereocenters. The van der Waals surface area contributed by atoms with E-state index in [2.05, 4.69) is 0 Å². The lowest BCUT2D eigenvalue weighted by Gasteiger charge is -2.27. The highest BCUT2D eigenvalue weighted by atomic mass is 16.5. The summed E-state index contributed by atoms with van der Waals surface area (Å²) in [4.78, 5) is 27.8. The molecule has 2 aromatic rings. The second-order valence-corrected chi connectivity index (χ2v) is 8.12. The number of rotatable bonds is 9. The number of likely N-dealkylation sites (tertiary alicyclic amines) is 1. The molecule has 1 amide bonds. The molecule has 1 N–H and O–H groups in total. The van der Waals surface area contributed by atoms with Crippen molar-refractivity contribution in [1.82, 2.24) is 4.90 Å². The van der Waals surface area contributed by atoms with Crippen molar-refractivity contribution in [3.63, 3.8) is 0 Å². The van der Waals surface area contributed by atoms with E-state index >= 15 is 0 Å². The van der Waals surface area contributed by atoms with Gasteiger partial charge in [0, 0.05) is 12.1 Å². The fraction of sp³-hybridized carbons (Fsp3) is 0.385. The molecule has 0 saturated carbocycles. The Kier molecular flexibility index (Phi) is 7.63. The van der Waals surface area contributed by atoms with E-state index in [0.717, 1.165) is 12.8 Å². The van der Waals surface area contributed by atoms with Gasteiger partial charge in [-0.3, -0.25) is 9.59 Å². The van der Waals surface area contributed by atoms with Crippen molar-refractivity contribution < 1.29 is 28.9 Å². The molecule has 3 rings (SSSR count). The molecule has 0 aromatic heterocycles. The predicted octanol–water partition coefficient (Wildman–Crippen LogP) is 4.71. The van der Waals surface area contributed by atoms with Crippen molar-refractivity contribution in [1.29, 1.82) is 0 Å². The van der Waals surface area contributed by atoms with Crippen LogP contribution in [0.4, 0.5) is 0 Å². The number of ether oxygens (including phenoxy) is 3. The molecule has 7 nitrogen and oxygen atoms in total. The number of hydrogen-bond acceptors (Lipinski definition) is 6. The Balaban J connectivity index is 2.27. The predicted molar refractivity (Wildman–Crippen MR) is 126 cm³/mol. The van der Waals surface area contributed by atoms with Crippen LogP contribution in [0, 0.1) is 0 Å². The Morgan fingerprint density at radius 1 is 1.06 bits per heavy atom. The summed E-state index contributed by atoms with van der Waals surface area (Å²) in [6, 6.07) is 11.4. The number of nitrogens with zero attached hydrogens (tertiary/aromatic N) is 1. The van der Waals surface area contributed by atoms with E-state index in [1.54, 1.807) is 24.3 Å².